The summed E-state index contributed by atoms with van der Waals surface area (Å²) in [6.07, 6.45) is 3.68. The first-order valence-corrected chi connectivity index (χ1v) is 7.38. The lowest BCUT2D eigenvalue weighted by atomic mass is 9.76. The van der Waals surface area contributed by atoms with E-state index in [1.807, 2.05) is 13.8 Å². The zero-order valence-corrected chi connectivity index (χ0v) is 12.7. The molecule has 112 valence electrons. The molecule has 0 spiro atoms. The number of hydrogen-bond donors (Lipinski definition) is 1. The third-order valence-corrected chi connectivity index (χ3v) is 4.83. The van der Waals surface area contributed by atoms with E-state index in [9.17, 15) is 9.90 Å². The molecule has 0 aliphatic heterocycles. The van der Waals surface area contributed by atoms with Crippen LogP contribution in [-0.4, -0.2) is 21.2 Å². The number of carboxylic acid groups (broad SMARTS) is 1. The molecular weight excluding hydrogens is 256 g/mol. The summed E-state index contributed by atoms with van der Waals surface area (Å²) in [5.74, 6) is 1.46. The molecule has 5 nitrogen and oxygen atoms in total. The fourth-order valence-electron chi connectivity index (χ4n) is 2.79. The molecule has 1 N–H and O–H groups in total. The van der Waals surface area contributed by atoms with Crippen molar-refractivity contribution < 1.29 is 14.4 Å². The van der Waals surface area contributed by atoms with E-state index in [-0.39, 0.29) is 12.3 Å². The number of nitrogens with zero attached hydrogens (tertiary/aromatic N) is 2. The molecule has 0 bridgehead atoms. The quantitative estimate of drug-likeness (QED) is 0.895. The Morgan fingerprint density at radius 2 is 2.20 bits per heavy atom. The minimum absolute atomic E-state index is 0.00172. The number of rotatable bonds is 5. The second-order valence-corrected chi connectivity index (χ2v) is 6.72. The second-order valence-electron chi connectivity index (χ2n) is 6.72. The maximum Gasteiger partial charge on any atom is 0.310 e. The van der Waals surface area contributed by atoms with Crippen molar-refractivity contribution >= 4 is 5.97 Å². The van der Waals surface area contributed by atoms with Gasteiger partial charge in [0.1, 0.15) is 0 Å². The minimum Gasteiger partial charge on any atom is -0.481 e. The van der Waals surface area contributed by atoms with Crippen LogP contribution in [0, 0.1) is 17.3 Å². The predicted octanol–water partition coefficient (Wildman–Crippen LogP) is 3.26. The molecule has 5 heteroatoms. The van der Waals surface area contributed by atoms with E-state index >= 15 is 0 Å². The van der Waals surface area contributed by atoms with Gasteiger partial charge >= 0.3 is 5.97 Å². The van der Waals surface area contributed by atoms with Gasteiger partial charge in [0.15, 0.2) is 5.82 Å². The molecule has 20 heavy (non-hydrogen) atoms. The zero-order valence-electron chi connectivity index (χ0n) is 12.7. The first kappa shape index (κ1) is 15.0. The monoisotopic (exact) mass is 280 g/mol. The number of aliphatic carboxylic acids is 1. The molecule has 1 aliphatic carbocycles. The van der Waals surface area contributed by atoms with Crippen LogP contribution in [0.4, 0.5) is 0 Å². The summed E-state index contributed by atoms with van der Waals surface area (Å²) >= 11 is 0. The average molecular weight is 280 g/mol. The summed E-state index contributed by atoms with van der Waals surface area (Å²) in [4.78, 5) is 15.9. The fourth-order valence-corrected chi connectivity index (χ4v) is 2.79. The Morgan fingerprint density at radius 3 is 2.70 bits per heavy atom. The van der Waals surface area contributed by atoms with Crippen LogP contribution in [-0.2, 0) is 11.2 Å². The van der Waals surface area contributed by atoms with Gasteiger partial charge in [-0.2, -0.15) is 4.98 Å². The van der Waals surface area contributed by atoms with Gasteiger partial charge in [0.25, 0.3) is 0 Å². The summed E-state index contributed by atoms with van der Waals surface area (Å²) in [5, 5.41) is 13.5. The van der Waals surface area contributed by atoms with Gasteiger partial charge in [-0.1, -0.05) is 25.9 Å². The van der Waals surface area contributed by atoms with E-state index in [4.69, 9.17) is 4.52 Å². The number of hydrogen-bond acceptors (Lipinski definition) is 4. The van der Waals surface area contributed by atoms with Gasteiger partial charge in [0, 0.05) is 12.3 Å². The average Bonchev–Trinajstić information content (AvgIpc) is 2.97. The first-order valence-electron chi connectivity index (χ1n) is 7.38. The highest BCUT2D eigenvalue weighted by Gasteiger charge is 2.39. The number of carbonyl (C=O) groups is 1. The van der Waals surface area contributed by atoms with Crippen LogP contribution in [0.3, 0.4) is 0 Å². The molecule has 1 heterocycles. The normalized spacial score (nSPS) is 25.9. The Kier molecular flexibility index (Phi) is 4.16. The Morgan fingerprint density at radius 1 is 1.50 bits per heavy atom. The molecule has 2 rings (SSSR count). The Balaban J connectivity index is 2.11. The van der Waals surface area contributed by atoms with Gasteiger partial charge in [-0.15, -0.1) is 0 Å². The summed E-state index contributed by atoms with van der Waals surface area (Å²) in [5.41, 5.74) is -0.868. The maximum absolute atomic E-state index is 11.5. The maximum atomic E-state index is 11.5. The predicted molar refractivity (Wildman–Crippen MR) is 74.3 cm³/mol. The highest BCUT2D eigenvalue weighted by atomic mass is 16.5. The SMILES string of the molecule is CC1CCC(c2noc(CC(C)(C(=O)O)C(C)C)n2)C1. The smallest absolute Gasteiger partial charge is 0.310 e. The Bertz CT molecular complexity index is 483. The molecule has 0 radical (unpaired) electrons. The van der Waals surface area contributed by atoms with Gasteiger partial charge < -0.3 is 9.63 Å². The molecule has 1 aromatic rings. The lowest BCUT2D eigenvalue weighted by Crippen LogP contribution is -2.35. The highest BCUT2D eigenvalue weighted by Crippen LogP contribution is 2.37. The molecule has 3 atom stereocenters. The van der Waals surface area contributed by atoms with Crippen LogP contribution in [0.5, 0.6) is 0 Å². The van der Waals surface area contributed by atoms with Gasteiger partial charge in [0.2, 0.25) is 5.89 Å². The minimum atomic E-state index is -0.868. The second kappa shape index (κ2) is 5.54. The molecule has 1 fully saturated rings. The molecule has 0 aromatic carbocycles. The van der Waals surface area contributed by atoms with E-state index in [1.54, 1.807) is 6.92 Å². The molecule has 1 saturated carbocycles. The summed E-state index contributed by atoms with van der Waals surface area (Å²) in [7, 11) is 0. The number of aromatic nitrogens is 2. The van der Waals surface area contributed by atoms with E-state index in [2.05, 4.69) is 17.1 Å². The zero-order chi connectivity index (χ0) is 14.9. The van der Waals surface area contributed by atoms with E-state index < -0.39 is 11.4 Å². The third kappa shape index (κ3) is 2.86. The van der Waals surface area contributed by atoms with Crippen molar-refractivity contribution in [2.24, 2.45) is 17.3 Å². The highest BCUT2D eigenvalue weighted by molar-refractivity contribution is 5.74. The van der Waals surface area contributed by atoms with Gasteiger partial charge in [-0.3, -0.25) is 4.79 Å². The molecular formula is C15H24N2O3. The van der Waals surface area contributed by atoms with Crippen LogP contribution in [0.1, 0.15) is 64.6 Å². The van der Waals surface area contributed by atoms with Crippen molar-refractivity contribution in [2.45, 2.75) is 59.3 Å². The van der Waals surface area contributed by atoms with Crippen molar-refractivity contribution in [1.29, 1.82) is 0 Å². The standard InChI is InChI=1S/C15H24N2O3/c1-9(2)15(4,14(18)19)8-12-16-13(17-20-12)11-6-5-10(3)7-11/h9-11H,5-8H2,1-4H3,(H,18,19). The van der Waals surface area contributed by atoms with E-state index in [0.29, 0.717) is 17.7 Å². The fraction of sp³-hybridized carbons (Fsp3) is 0.800. The third-order valence-electron chi connectivity index (χ3n) is 4.83. The summed E-state index contributed by atoms with van der Waals surface area (Å²) < 4.78 is 5.28. The molecule has 0 amide bonds. The molecule has 1 aromatic heterocycles. The van der Waals surface area contributed by atoms with Crippen LogP contribution >= 0.6 is 0 Å². The van der Waals surface area contributed by atoms with E-state index in [0.717, 1.165) is 18.7 Å². The van der Waals surface area contributed by atoms with Crippen molar-refractivity contribution in [3.05, 3.63) is 11.7 Å². The lowest BCUT2D eigenvalue weighted by Gasteiger charge is -2.27. The Labute approximate surface area is 119 Å². The van der Waals surface area contributed by atoms with Gasteiger partial charge in [-0.25, -0.2) is 0 Å². The topological polar surface area (TPSA) is 76.2 Å². The number of carboxylic acids is 1. The lowest BCUT2D eigenvalue weighted by molar-refractivity contribution is -0.150. The van der Waals surface area contributed by atoms with Crippen molar-refractivity contribution in [3.63, 3.8) is 0 Å². The van der Waals surface area contributed by atoms with Gasteiger partial charge in [0.05, 0.1) is 5.41 Å². The molecule has 0 saturated heterocycles. The largest absolute Gasteiger partial charge is 0.481 e. The van der Waals surface area contributed by atoms with Crippen LogP contribution in [0.15, 0.2) is 4.52 Å². The Hall–Kier alpha value is -1.39. The van der Waals surface area contributed by atoms with Crippen molar-refractivity contribution in [1.82, 2.24) is 10.1 Å². The summed E-state index contributed by atoms with van der Waals surface area (Å²) in [6.45, 7) is 7.79. The van der Waals surface area contributed by atoms with Crippen molar-refractivity contribution in [2.75, 3.05) is 0 Å². The van der Waals surface area contributed by atoms with Crippen LogP contribution in [0.2, 0.25) is 0 Å². The molecule has 3 unspecified atom stereocenters. The van der Waals surface area contributed by atoms with Crippen LogP contribution in [0.25, 0.3) is 0 Å². The molecule has 1 aliphatic rings. The van der Waals surface area contributed by atoms with E-state index in [1.165, 1.54) is 6.42 Å². The van der Waals surface area contributed by atoms with Crippen molar-refractivity contribution in [3.8, 4) is 0 Å². The summed E-state index contributed by atoms with van der Waals surface area (Å²) in [6, 6.07) is 0. The first-order chi connectivity index (χ1) is 9.33. The van der Waals surface area contributed by atoms with Gasteiger partial charge in [-0.05, 0) is 38.0 Å². The van der Waals surface area contributed by atoms with Crippen LogP contribution < -0.4 is 0 Å².